The SMILES string of the molecule is O=C(O[C@H]1C[N+]2(CCc3ccc(F)cc3)CCC1CC2)N(Cc1ccc(F)cc1)c1ccccc1F.[Br-]. The van der Waals surface area contributed by atoms with Gasteiger partial charge in [0.15, 0.2) is 6.10 Å². The van der Waals surface area contributed by atoms with Gasteiger partial charge in [-0.15, -0.1) is 0 Å². The van der Waals surface area contributed by atoms with Crippen LogP contribution in [-0.4, -0.2) is 42.9 Å². The molecule has 0 aliphatic carbocycles. The van der Waals surface area contributed by atoms with Gasteiger partial charge < -0.3 is 26.2 Å². The number of nitrogens with zero attached hydrogens (tertiary/aromatic N) is 2. The van der Waals surface area contributed by atoms with Crippen LogP contribution in [0.4, 0.5) is 23.7 Å². The van der Waals surface area contributed by atoms with Crippen LogP contribution in [0, 0.1) is 23.4 Å². The molecule has 4 nitrogen and oxygen atoms in total. The Bertz CT molecular complexity index is 1200. The third kappa shape index (κ3) is 6.36. The van der Waals surface area contributed by atoms with Gasteiger partial charge in [-0.05, 0) is 47.5 Å². The molecule has 3 aromatic carbocycles. The molecule has 6 rings (SSSR count). The number of carbonyl (C=O) groups is 1. The molecule has 1 amide bonds. The van der Waals surface area contributed by atoms with Gasteiger partial charge in [0.05, 0.1) is 31.9 Å². The molecule has 0 radical (unpaired) electrons. The van der Waals surface area contributed by atoms with Gasteiger partial charge >= 0.3 is 6.09 Å². The first kappa shape index (κ1) is 27.2. The highest BCUT2D eigenvalue weighted by Crippen LogP contribution is 2.36. The van der Waals surface area contributed by atoms with Crippen molar-refractivity contribution in [2.75, 3.05) is 31.1 Å². The summed E-state index contributed by atoms with van der Waals surface area (Å²) in [6, 6.07) is 18.5. The van der Waals surface area contributed by atoms with Gasteiger partial charge in [-0.3, -0.25) is 4.90 Å². The molecule has 3 aliphatic heterocycles. The lowest BCUT2D eigenvalue weighted by molar-refractivity contribution is -0.945. The summed E-state index contributed by atoms with van der Waals surface area (Å²) in [6.07, 6.45) is 1.92. The lowest BCUT2D eigenvalue weighted by Gasteiger charge is -2.52. The first-order chi connectivity index (χ1) is 17.4. The van der Waals surface area contributed by atoms with Crippen LogP contribution in [0.5, 0.6) is 0 Å². The molecule has 3 aliphatic rings. The van der Waals surface area contributed by atoms with E-state index in [1.165, 1.54) is 35.2 Å². The molecule has 0 unspecified atom stereocenters. The maximum absolute atomic E-state index is 14.7. The Morgan fingerprint density at radius 2 is 1.46 bits per heavy atom. The van der Waals surface area contributed by atoms with Crippen LogP contribution >= 0.6 is 0 Å². The molecule has 0 saturated carbocycles. The lowest BCUT2D eigenvalue weighted by Crippen LogP contribution is -3.00. The average Bonchev–Trinajstić information content (AvgIpc) is 2.89. The minimum Gasteiger partial charge on any atom is -1.00 e. The fourth-order valence-corrected chi connectivity index (χ4v) is 5.57. The van der Waals surface area contributed by atoms with E-state index in [2.05, 4.69) is 0 Å². The molecule has 0 aromatic heterocycles. The Balaban J connectivity index is 0.00000320. The van der Waals surface area contributed by atoms with E-state index in [0.717, 1.165) is 55.5 Å². The second-order valence-electron chi connectivity index (χ2n) is 10.00. The molecule has 196 valence electrons. The number of hydrogen-bond donors (Lipinski definition) is 0. The predicted molar refractivity (Wildman–Crippen MR) is 132 cm³/mol. The predicted octanol–water partition coefficient (Wildman–Crippen LogP) is 3.10. The molecule has 0 spiro atoms. The summed E-state index contributed by atoms with van der Waals surface area (Å²) in [4.78, 5) is 14.7. The zero-order valence-electron chi connectivity index (χ0n) is 20.5. The molecule has 2 bridgehead atoms. The highest BCUT2D eigenvalue weighted by atomic mass is 79.9. The van der Waals surface area contributed by atoms with Crippen LogP contribution in [0.25, 0.3) is 0 Å². The maximum Gasteiger partial charge on any atom is 0.415 e. The quantitative estimate of drug-likeness (QED) is 0.406. The highest BCUT2D eigenvalue weighted by Gasteiger charge is 2.47. The van der Waals surface area contributed by atoms with Crippen LogP contribution in [0.1, 0.15) is 24.0 Å². The summed E-state index contributed by atoms with van der Waals surface area (Å²) < 4.78 is 48.3. The third-order valence-electron chi connectivity index (χ3n) is 7.70. The fourth-order valence-electron chi connectivity index (χ4n) is 5.57. The first-order valence-electron chi connectivity index (χ1n) is 12.5. The van der Waals surface area contributed by atoms with Gasteiger partial charge in [0.2, 0.25) is 0 Å². The lowest BCUT2D eigenvalue weighted by atomic mass is 9.83. The molecule has 1 atom stereocenters. The number of benzene rings is 3. The second-order valence-corrected chi connectivity index (χ2v) is 10.00. The molecule has 3 saturated heterocycles. The van der Waals surface area contributed by atoms with Gasteiger partial charge in [-0.1, -0.05) is 36.4 Å². The van der Waals surface area contributed by atoms with E-state index in [-0.39, 0.29) is 52.9 Å². The fraction of sp³-hybridized carbons (Fsp3) is 0.345. The molecular formula is C29H30BrF3N2O2. The molecule has 0 N–H and O–H groups in total. The Morgan fingerprint density at radius 1 is 0.865 bits per heavy atom. The summed E-state index contributed by atoms with van der Waals surface area (Å²) in [5.74, 6) is -0.848. The monoisotopic (exact) mass is 574 g/mol. The highest BCUT2D eigenvalue weighted by molar-refractivity contribution is 5.87. The number of anilines is 1. The van der Waals surface area contributed by atoms with Crippen molar-refractivity contribution in [3.05, 3.63) is 101 Å². The number of carbonyl (C=O) groups excluding carboxylic acids is 1. The Kier molecular flexibility index (Phi) is 8.60. The van der Waals surface area contributed by atoms with Crippen LogP contribution in [0.15, 0.2) is 72.8 Å². The van der Waals surface area contributed by atoms with Crippen molar-refractivity contribution in [2.24, 2.45) is 5.92 Å². The number of fused-ring (bicyclic) bond motifs is 3. The summed E-state index contributed by atoms with van der Waals surface area (Å²) in [7, 11) is 0. The minimum atomic E-state index is -0.597. The zero-order chi connectivity index (χ0) is 25.1. The van der Waals surface area contributed by atoms with E-state index < -0.39 is 11.9 Å². The second kappa shape index (κ2) is 11.7. The average molecular weight is 575 g/mol. The smallest absolute Gasteiger partial charge is 0.415 e. The molecule has 8 heteroatoms. The van der Waals surface area contributed by atoms with Gasteiger partial charge in [0.25, 0.3) is 0 Å². The third-order valence-corrected chi connectivity index (χ3v) is 7.70. The van der Waals surface area contributed by atoms with Crippen LogP contribution < -0.4 is 21.9 Å². The van der Waals surface area contributed by atoms with Gasteiger partial charge in [-0.2, -0.15) is 0 Å². The van der Waals surface area contributed by atoms with E-state index in [1.807, 2.05) is 12.1 Å². The normalized spacial score (nSPS) is 22.2. The van der Waals surface area contributed by atoms with Crippen molar-refractivity contribution < 1.29 is 44.2 Å². The minimum absolute atomic E-state index is 0. The number of piperidine rings is 3. The number of amides is 1. The summed E-state index contributed by atoms with van der Waals surface area (Å²) in [5.41, 5.74) is 1.90. The Hall–Kier alpha value is -2.84. The van der Waals surface area contributed by atoms with Gasteiger partial charge in [0, 0.05) is 25.2 Å². The maximum atomic E-state index is 14.7. The van der Waals surface area contributed by atoms with Crippen LogP contribution in [-0.2, 0) is 17.7 Å². The summed E-state index contributed by atoms with van der Waals surface area (Å²) in [6.45, 7) is 3.76. The topological polar surface area (TPSA) is 29.5 Å². The van der Waals surface area contributed by atoms with E-state index >= 15 is 0 Å². The number of hydrogen-bond acceptors (Lipinski definition) is 2. The van der Waals surface area contributed by atoms with Crippen molar-refractivity contribution in [3.63, 3.8) is 0 Å². The first-order valence-corrected chi connectivity index (χ1v) is 12.5. The molecule has 3 aromatic rings. The zero-order valence-corrected chi connectivity index (χ0v) is 22.0. The Labute approximate surface area is 226 Å². The molecule has 3 fully saturated rings. The van der Waals surface area contributed by atoms with E-state index in [4.69, 9.17) is 4.74 Å². The van der Waals surface area contributed by atoms with Crippen molar-refractivity contribution in [3.8, 4) is 0 Å². The van der Waals surface area contributed by atoms with Gasteiger partial charge in [0.1, 0.15) is 24.0 Å². The van der Waals surface area contributed by atoms with E-state index in [1.54, 1.807) is 30.3 Å². The number of quaternary nitrogens is 1. The molecule has 37 heavy (non-hydrogen) atoms. The number of ether oxygens (including phenoxy) is 1. The van der Waals surface area contributed by atoms with E-state index in [9.17, 15) is 18.0 Å². The molecular weight excluding hydrogens is 545 g/mol. The summed E-state index contributed by atoms with van der Waals surface area (Å²) >= 11 is 0. The van der Waals surface area contributed by atoms with Crippen molar-refractivity contribution in [1.29, 1.82) is 0 Å². The standard InChI is InChI=1S/C29H30F3N2O2.BrH/c30-24-9-5-21(6-10-24)13-16-34-17-14-23(15-18-34)28(20-34)36-29(35)33(27-4-2-1-3-26(27)32)19-22-7-11-25(31)12-8-22;/h1-12,23,28H,13-20H2;1H/q+1;/p-1/t23?,28-,34?;/m0./s1. The Morgan fingerprint density at radius 3 is 2.08 bits per heavy atom. The van der Waals surface area contributed by atoms with Crippen LogP contribution in [0.3, 0.4) is 0 Å². The van der Waals surface area contributed by atoms with Crippen LogP contribution in [0.2, 0.25) is 0 Å². The van der Waals surface area contributed by atoms with Gasteiger partial charge in [-0.25, -0.2) is 18.0 Å². The molecule has 3 heterocycles. The summed E-state index contributed by atoms with van der Waals surface area (Å²) in [5, 5.41) is 0. The number of halogens is 4. The van der Waals surface area contributed by atoms with Crippen molar-refractivity contribution in [2.45, 2.75) is 31.9 Å². The number of rotatable bonds is 7. The number of para-hydroxylation sites is 1. The van der Waals surface area contributed by atoms with Crippen molar-refractivity contribution >= 4 is 11.8 Å². The van der Waals surface area contributed by atoms with Crippen molar-refractivity contribution in [1.82, 2.24) is 0 Å². The van der Waals surface area contributed by atoms with E-state index in [0.29, 0.717) is 5.56 Å². The largest absolute Gasteiger partial charge is 1.00 e.